The molecular formula is C17H20ClN3O. The number of carbonyl (C=O) groups excluding carboxylic acids is 1. The predicted molar refractivity (Wildman–Crippen MR) is 87.0 cm³/mol. The van der Waals surface area contributed by atoms with Crippen LogP contribution in [0.4, 0.5) is 0 Å². The molecule has 0 spiro atoms. The van der Waals surface area contributed by atoms with Crippen molar-refractivity contribution in [2.75, 3.05) is 13.1 Å². The van der Waals surface area contributed by atoms with Gasteiger partial charge in [0.05, 0.1) is 12.6 Å². The smallest absolute Gasteiger partial charge is 0.227 e. The number of H-pyrrole nitrogens is 1. The molecule has 5 heteroatoms. The zero-order chi connectivity index (χ0) is 15.5. The van der Waals surface area contributed by atoms with Gasteiger partial charge in [-0.25, -0.2) is 0 Å². The molecule has 1 atom stereocenters. The maximum atomic E-state index is 12.5. The van der Waals surface area contributed by atoms with Gasteiger partial charge in [0, 0.05) is 29.7 Å². The molecule has 0 radical (unpaired) electrons. The highest BCUT2D eigenvalue weighted by Crippen LogP contribution is 2.27. The number of aromatic nitrogens is 2. The lowest BCUT2D eigenvalue weighted by atomic mass is 9.92. The van der Waals surface area contributed by atoms with E-state index in [0.717, 1.165) is 31.5 Å². The van der Waals surface area contributed by atoms with Gasteiger partial charge in [0.2, 0.25) is 5.91 Å². The van der Waals surface area contributed by atoms with Crippen molar-refractivity contribution in [1.29, 1.82) is 0 Å². The molecule has 1 fully saturated rings. The van der Waals surface area contributed by atoms with Crippen LogP contribution in [0.3, 0.4) is 0 Å². The van der Waals surface area contributed by atoms with E-state index in [1.165, 1.54) is 11.3 Å². The van der Waals surface area contributed by atoms with Crippen LogP contribution in [0.25, 0.3) is 0 Å². The fourth-order valence-corrected chi connectivity index (χ4v) is 3.22. The fraction of sp³-hybridized carbons (Fsp3) is 0.412. The largest absolute Gasteiger partial charge is 0.342 e. The first-order chi connectivity index (χ1) is 10.6. The number of amides is 1. The summed E-state index contributed by atoms with van der Waals surface area (Å²) in [5, 5.41) is 7.89. The maximum Gasteiger partial charge on any atom is 0.227 e. The number of rotatable bonds is 3. The highest BCUT2D eigenvalue weighted by Gasteiger charge is 2.26. The van der Waals surface area contributed by atoms with Crippen LogP contribution in [-0.4, -0.2) is 34.1 Å². The number of benzene rings is 1. The van der Waals surface area contributed by atoms with Gasteiger partial charge in [0.15, 0.2) is 0 Å². The van der Waals surface area contributed by atoms with Gasteiger partial charge >= 0.3 is 0 Å². The zero-order valence-electron chi connectivity index (χ0n) is 12.7. The third-order valence-electron chi connectivity index (χ3n) is 4.32. The van der Waals surface area contributed by atoms with E-state index < -0.39 is 0 Å². The molecule has 1 aliphatic rings. The zero-order valence-corrected chi connectivity index (χ0v) is 13.4. The number of nitrogens with zero attached hydrogens (tertiary/aromatic N) is 2. The van der Waals surface area contributed by atoms with Crippen LogP contribution >= 0.6 is 11.6 Å². The van der Waals surface area contributed by atoms with Crippen molar-refractivity contribution < 1.29 is 4.79 Å². The summed E-state index contributed by atoms with van der Waals surface area (Å²) in [6, 6.07) is 7.50. The fourth-order valence-electron chi connectivity index (χ4n) is 3.10. The number of halogens is 1. The minimum absolute atomic E-state index is 0.184. The minimum atomic E-state index is 0.184. The average Bonchev–Trinajstić information content (AvgIpc) is 2.96. The van der Waals surface area contributed by atoms with E-state index in [1.54, 1.807) is 0 Å². The summed E-state index contributed by atoms with van der Waals surface area (Å²) in [5.74, 6) is 0.551. The first kappa shape index (κ1) is 15.1. The number of carbonyl (C=O) groups is 1. The van der Waals surface area contributed by atoms with Gasteiger partial charge < -0.3 is 4.90 Å². The number of hydrogen-bond donors (Lipinski definition) is 1. The molecule has 1 saturated heterocycles. The van der Waals surface area contributed by atoms with Gasteiger partial charge in [0.1, 0.15) is 0 Å². The molecule has 116 valence electrons. The quantitative estimate of drug-likeness (QED) is 0.944. The van der Waals surface area contributed by atoms with E-state index in [-0.39, 0.29) is 5.91 Å². The molecule has 0 aliphatic carbocycles. The van der Waals surface area contributed by atoms with Crippen LogP contribution in [-0.2, 0) is 11.2 Å². The highest BCUT2D eigenvalue weighted by molar-refractivity contribution is 6.30. The number of aromatic amines is 1. The first-order valence-corrected chi connectivity index (χ1v) is 8.03. The Morgan fingerprint density at radius 3 is 2.86 bits per heavy atom. The number of likely N-dealkylation sites (tertiary alicyclic amines) is 1. The summed E-state index contributed by atoms with van der Waals surface area (Å²) in [5.41, 5.74) is 3.36. The molecule has 1 aromatic carbocycles. The lowest BCUT2D eigenvalue weighted by molar-refractivity contribution is -0.131. The van der Waals surface area contributed by atoms with Crippen molar-refractivity contribution in [1.82, 2.24) is 15.1 Å². The van der Waals surface area contributed by atoms with E-state index in [1.807, 2.05) is 35.4 Å². The van der Waals surface area contributed by atoms with Gasteiger partial charge in [-0.3, -0.25) is 9.89 Å². The lowest BCUT2D eigenvalue weighted by Crippen LogP contribution is -2.40. The van der Waals surface area contributed by atoms with Crippen LogP contribution in [0.2, 0.25) is 5.02 Å². The van der Waals surface area contributed by atoms with Crippen molar-refractivity contribution in [3.63, 3.8) is 0 Å². The molecule has 22 heavy (non-hydrogen) atoms. The summed E-state index contributed by atoms with van der Waals surface area (Å²) in [4.78, 5) is 14.5. The van der Waals surface area contributed by atoms with Crippen molar-refractivity contribution in [3.8, 4) is 0 Å². The van der Waals surface area contributed by atoms with Gasteiger partial charge in [0.25, 0.3) is 0 Å². The number of hydrogen-bond acceptors (Lipinski definition) is 2. The Hall–Kier alpha value is -1.81. The van der Waals surface area contributed by atoms with Crippen LogP contribution in [0, 0.1) is 6.92 Å². The Morgan fingerprint density at radius 1 is 1.41 bits per heavy atom. The molecule has 0 saturated carbocycles. The first-order valence-electron chi connectivity index (χ1n) is 7.65. The molecule has 0 bridgehead atoms. The number of piperidine rings is 1. The molecule has 1 aromatic heterocycles. The average molecular weight is 318 g/mol. The van der Waals surface area contributed by atoms with Crippen LogP contribution < -0.4 is 0 Å². The van der Waals surface area contributed by atoms with Crippen LogP contribution in [0.15, 0.2) is 30.5 Å². The Labute approximate surface area is 135 Å². The topological polar surface area (TPSA) is 49.0 Å². The Bertz CT molecular complexity index is 650. The summed E-state index contributed by atoms with van der Waals surface area (Å²) in [6.07, 6.45) is 4.43. The molecule has 3 rings (SSSR count). The second kappa shape index (κ2) is 6.53. The molecule has 1 N–H and O–H groups in total. The predicted octanol–water partition coefficient (Wildman–Crippen LogP) is 3.32. The molecule has 4 nitrogen and oxygen atoms in total. The van der Waals surface area contributed by atoms with Gasteiger partial charge in [-0.05, 0) is 43.0 Å². The van der Waals surface area contributed by atoms with Crippen molar-refractivity contribution in [2.24, 2.45) is 0 Å². The summed E-state index contributed by atoms with van der Waals surface area (Å²) < 4.78 is 0. The molecule has 2 aromatic rings. The number of nitrogens with one attached hydrogen (secondary N) is 1. The van der Waals surface area contributed by atoms with E-state index in [4.69, 9.17) is 11.6 Å². The van der Waals surface area contributed by atoms with Gasteiger partial charge in [-0.1, -0.05) is 23.7 Å². The highest BCUT2D eigenvalue weighted by atomic mass is 35.5. The lowest BCUT2D eigenvalue weighted by Gasteiger charge is -2.32. The molecule has 1 amide bonds. The monoisotopic (exact) mass is 317 g/mol. The third kappa shape index (κ3) is 3.33. The van der Waals surface area contributed by atoms with Crippen LogP contribution in [0.1, 0.15) is 35.6 Å². The van der Waals surface area contributed by atoms with E-state index in [9.17, 15) is 4.79 Å². The number of aryl methyl sites for hydroxylation is 1. The third-order valence-corrected chi connectivity index (χ3v) is 4.57. The van der Waals surface area contributed by atoms with Gasteiger partial charge in [-0.15, -0.1) is 0 Å². The molecule has 1 aliphatic heterocycles. The maximum absolute atomic E-state index is 12.5. The normalized spacial score (nSPS) is 18.5. The Balaban J connectivity index is 1.65. The van der Waals surface area contributed by atoms with E-state index in [2.05, 4.69) is 17.1 Å². The van der Waals surface area contributed by atoms with Crippen molar-refractivity contribution in [2.45, 2.75) is 32.1 Å². The Kier molecular flexibility index (Phi) is 4.48. The van der Waals surface area contributed by atoms with Crippen LogP contribution in [0.5, 0.6) is 0 Å². The summed E-state index contributed by atoms with van der Waals surface area (Å²) >= 11 is 5.88. The molecule has 0 unspecified atom stereocenters. The standard InChI is InChI=1S/C17H20ClN3O/c1-12-10-19-20-17(12)14-3-2-8-21(11-14)16(22)9-13-4-6-15(18)7-5-13/h4-7,10,14H,2-3,8-9,11H2,1H3,(H,19,20)/t14-/m0/s1. The SMILES string of the molecule is Cc1cn[nH]c1[C@H]1CCCN(C(=O)Cc2ccc(Cl)cc2)C1. The molecule has 2 heterocycles. The minimum Gasteiger partial charge on any atom is -0.342 e. The molecular weight excluding hydrogens is 298 g/mol. The van der Waals surface area contributed by atoms with E-state index >= 15 is 0 Å². The van der Waals surface area contributed by atoms with Crippen molar-refractivity contribution >= 4 is 17.5 Å². The summed E-state index contributed by atoms with van der Waals surface area (Å²) in [7, 11) is 0. The summed E-state index contributed by atoms with van der Waals surface area (Å²) in [6.45, 7) is 3.68. The second-order valence-corrected chi connectivity index (χ2v) is 6.39. The van der Waals surface area contributed by atoms with Gasteiger partial charge in [-0.2, -0.15) is 5.10 Å². The Morgan fingerprint density at radius 2 is 2.18 bits per heavy atom. The second-order valence-electron chi connectivity index (χ2n) is 5.95. The van der Waals surface area contributed by atoms with Crippen molar-refractivity contribution in [3.05, 3.63) is 52.3 Å². The van der Waals surface area contributed by atoms with E-state index in [0.29, 0.717) is 17.4 Å².